The molecule has 1 saturated carbocycles. The zero-order chi connectivity index (χ0) is 25.9. The van der Waals surface area contributed by atoms with Gasteiger partial charge in [-0.25, -0.2) is 9.97 Å². The van der Waals surface area contributed by atoms with Gasteiger partial charge < -0.3 is 20.1 Å². The Bertz CT molecular complexity index is 1460. The van der Waals surface area contributed by atoms with E-state index < -0.39 is 23.4 Å². The number of pyridine rings is 1. The molecule has 3 aliphatic rings. The first kappa shape index (κ1) is 23.4. The molecule has 11 heteroatoms. The van der Waals surface area contributed by atoms with Gasteiger partial charge in [-0.1, -0.05) is 24.4 Å². The molecule has 0 unspecified atom stereocenters. The Balaban J connectivity index is 1.31. The molecule has 3 aromatic rings. The number of nitrogens with one attached hydrogen (secondary N) is 2. The number of halogens is 1. The van der Waals surface area contributed by atoms with Gasteiger partial charge in [-0.2, -0.15) is 5.26 Å². The number of benzene rings is 1. The van der Waals surface area contributed by atoms with Gasteiger partial charge in [0.05, 0.1) is 17.0 Å². The number of nitriles is 1. The number of H-pyrrole nitrogens is 1. The lowest BCUT2D eigenvalue weighted by Crippen LogP contribution is -2.51. The molecule has 188 valence electrons. The fourth-order valence-electron chi connectivity index (χ4n) is 5.54. The lowest BCUT2D eigenvalue weighted by molar-refractivity contribution is -0.136. The van der Waals surface area contributed by atoms with Crippen molar-refractivity contribution in [1.82, 2.24) is 24.8 Å². The third-order valence-electron chi connectivity index (χ3n) is 7.76. The molecule has 4 heterocycles. The Labute approximate surface area is 217 Å². The molecule has 0 radical (unpaired) electrons. The maximum atomic E-state index is 14.0. The summed E-state index contributed by atoms with van der Waals surface area (Å²) in [6.45, 7) is 0.0426. The number of hydrogen-bond donors (Lipinski definition) is 2. The molecule has 3 atom stereocenters. The van der Waals surface area contributed by atoms with Crippen LogP contribution in [-0.4, -0.2) is 68.1 Å². The second kappa shape index (κ2) is 8.56. The zero-order valence-electron chi connectivity index (χ0n) is 20.1. The van der Waals surface area contributed by atoms with Crippen molar-refractivity contribution < 1.29 is 14.4 Å². The van der Waals surface area contributed by atoms with E-state index in [9.17, 15) is 19.6 Å². The van der Waals surface area contributed by atoms with Crippen molar-refractivity contribution in [2.24, 2.45) is 5.92 Å². The standard InChI is InChI=1S/C26H24ClN7O3/c1-33(24(36)22-30-19-3-2-8-29-21(19)32-22)20(9-14-4-5-14)23(35)34-13-26(11-16(34)12-28)17-10-15(27)6-7-18(17)31-25(26)37/h2-3,6-8,10,14,16,20H,4-5,9,11,13H2,1H3,(H,31,37)(H,29,30,32)/t16-,20-,26-/m0/s1. The Morgan fingerprint density at radius 2 is 2.16 bits per heavy atom. The van der Waals surface area contributed by atoms with Gasteiger partial charge in [-0.3, -0.25) is 14.4 Å². The van der Waals surface area contributed by atoms with Crippen molar-refractivity contribution in [1.29, 1.82) is 5.26 Å². The summed E-state index contributed by atoms with van der Waals surface area (Å²) in [5.74, 6) is -0.608. The first-order valence-electron chi connectivity index (χ1n) is 12.2. The van der Waals surface area contributed by atoms with E-state index in [1.807, 2.05) is 0 Å². The number of likely N-dealkylation sites (N-methyl/N-ethyl adjacent to an activating group) is 1. The fraction of sp³-hybridized carbons (Fsp3) is 0.385. The van der Waals surface area contributed by atoms with Crippen molar-refractivity contribution in [3.63, 3.8) is 0 Å². The van der Waals surface area contributed by atoms with Gasteiger partial charge in [0.25, 0.3) is 5.91 Å². The summed E-state index contributed by atoms with van der Waals surface area (Å²) in [7, 11) is 1.58. The van der Waals surface area contributed by atoms with E-state index in [0.717, 1.165) is 12.8 Å². The summed E-state index contributed by atoms with van der Waals surface area (Å²) in [5, 5.41) is 13.4. The van der Waals surface area contributed by atoms with Gasteiger partial charge in [0.15, 0.2) is 11.5 Å². The third-order valence-corrected chi connectivity index (χ3v) is 7.99. The molecule has 2 N–H and O–H groups in total. The lowest BCUT2D eigenvalue weighted by Gasteiger charge is -2.32. The molecule has 3 amide bonds. The van der Waals surface area contributed by atoms with Crippen LogP contribution in [-0.2, 0) is 15.0 Å². The number of nitrogens with zero attached hydrogens (tertiary/aromatic N) is 5. The average molecular weight is 518 g/mol. The van der Waals surface area contributed by atoms with Crippen LogP contribution in [0.5, 0.6) is 0 Å². The van der Waals surface area contributed by atoms with Crippen molar-refractivity contribution in [3.8, 4) is 6.07 Å². The number of amides is 3. The van der Waals surface area contributed by atoms with E-state index >= 15 is 0 Å². The minimum Gasteiger partial charge on any atom is -0.332 e. The topological polar surface area (TPSA) is 135 Å². The predicted molar refractivity (Wildman–Crippen MR) is 135 cm³/mol. The van der Waals surface area contributed by atoms with Gasteiger partial charge in [0, 0.05) is 36.9 Å². The number of carbonyl (C=O) groups excluding carboxylic acids is 3. The maximum absolute atomic E-state index is 14.0. The fourth-order valence-corrected chi connectivity index (χ4v) is 5.71. The van der Waals surface area contributed by atoms with E-state index in [-0.39, 0.29) is 30.6 Å². The first-order chi connectivity index (χ1) is 17.8. The van der Waals surface area contributed by atoms with Crippen LogP contribution < -0.4 is 5.32 Å². The molecule has 1 aliphatic carbocycles. The summed E-state index contributed by atoms with van der Waals surface area (Å²) < 4.78 is 0. The van der Waals surface area contributed by atoms with Crippen LogP contribution in [0.15, 0.2) is 36.5 Å². The Hall–Kier alpha value is -3.97. The molecule has 0 bridgehead atoms. The van der Waals surface area contributed by atoms with Crippen molar-refractivity contribution in [2.45, 2.75) is 43.2 Å². The number of imidazole rings is 1. The van der Waals surface area contributed by atoms with Crippen molar-refractivity contribution >= 4 is 46.2 Å². The second-order valence-electron chi connectivity index (χ2n) is 10.1. The van der Waals surface area contributed by atoms with E-state index in [2.05, 4.69) is 26.3 Å². The normalized spacial score (nSPS) is 23.1. The molecule has 10 nitrogen and oxygen atoms in total. The van der Waals surface area contributed by atoms with Crippen LogP contribution in [0, 0.1) is 17.2 Å². The molecule has 1 spiro atoms. The molecule has 2 aromatic heterocycles. The van der Waals surface area contributed by atoms with E-state index in [0.29, 0.717) is 39.8 Å². The predicted octanol–water partition coefficient (Wildman–Crippen LogP) is 2.87. The SMILES string of the molecule is CN(C(=O)c1nc2ncccc2[nH]1)[C@@H](CC1CC1)C(=O)N1C[C@]2(C[C@H]1C#N)C(=O)Nc1ccc(Cl)cc12. The Morgan fingerprint density at radius 1 is 1.35 bits per heavy atom. The number of carbonyl (C=O) groups is 3. The number of aromatic amines is 1. The molecule has 1 saturated heterocycles. The molecule has 2 fully saturated rings. The molecule has 2 aliphatic heterocycles. The van der Waals surface area contributed by atoms with Crippen LogP contribution in [0.1, 0.15) is 41.9 Å². The quantitative estimate of drug-likeness (QED) is 0.534. The highest BCUT2D eigenvalue weighted by Gasteiger charge is 2.57. The van der Waals surface area contributed by atoms with Crippen LogP contribution in [0.25, 0.3) is 11.2 Å². The summed E-state index contributed by atoms with van der Waals surface area (Å²) in [4.78, 5) is 54.9. The smallest absolute Gasteiger partial charge is 0.290 e. The highest BCUT2D eigenvalue weighted by Crippen LogP contribution is 2.47. The molecule has 1 aromatic carbocycles. The minimum absolute atomic E-state index is 0.0426. The van der Waals surface area contributed by atoms with Crippen LogP contribution >= 0.6 is 11.6 Å². The van der Waals surface area contributed by atoms with Gasteiger partial charge in [0.2, 0.25) is 11.8 Å². The summed E-state index contributed by atoms with van der Waals surface area (Å²) in [5.41, 5.74) is 1.31. The van der Waals surface area contributed by atoms with Crippen LogP contribution in [0.4, 0.5) is 5.69 Å². The first-order valence-corrected chi connectivity index (χ1v) is 12.6. The number of rotatable bonds is 5. The molecule has 37 heavy (non-hydrogen) atoms. The Morgan fingerprint density at radius 3 is 2.89 bits per heavy atom. The van der Waals surface area contributed by atoms with E-state index in [4.69, 9.17) is 11.6 Å². The van der Waals surface area contributed by atoms with Gasteiger partial charge in [-0.05, 0) is 48.2 Å². The number of fused-ring (bicyclic) bond motifs is 3. The third kappa shape index (κ3) is 3.81. The number of anilines is 1. The summed E-state index contributed by atoms with van der Waals surface area (Å²) >= 11 is 6.24. The lowest BCUT2D eigenvalue weighted by atomic mass is 9.80. The minimum atomic E-state index is -1.06. The van der Waals surface area contributed by atoms with Crippen molar-refractivity contribution in [3.05, 3.63) is 52.9 Å². The average Bonchev–Trinajstić information content (AvgIpc) is 3.38. The maximum Gasteiger partial charge on any atom is 0.290 e. The van der Waals surface area contributed by atoms with Crippen LogP contribution in [0.2, 0.25) is 5.02 Å². The number of aromatic nitrogens is 3. The zero-order valence-corrected chi connectivity index (χ0v) is 20.8. The van der Waals surface area contributed by atoms with Gasteiger partial charge >= 0.3 is 0 Å². The Kier molecular flexibility index (Phi) is 5.42. The second-order valence-corrected chi connectivity index (χ2v) is 10.5. The number of likely N-dealkylation sites (tertiary alicyclic amines) is 1. The van der Waals surface area contributed by atoms with Crippen molar-refractivity contribution in [2.75, 3.05) is 18.9 Å². The highest BCUT2D eigenvalue weighted by molar-refractivity contribution is 6.31. The number of hydrogen-bond acceptors (Lipinski definition) is 6. The van der Waals surface area contributed by atoms with Gasteiger partial charge in [0.1, 0.15) is 12.1 Å². The van der Waals surface area contributed by atoms with Gasteiger partial charge in [-0.15, -0.1) is 0 Å². The van der Waals surface area contributed by atoms with E-state index in [1.54, 1.807) is 43.6 Å². The summed E-state index contributed by atoms with van der Waals surface area (Å²) in [6.07, 6.45) is 4.21. The van der Waals surface area contributed by atoms with Crippen LogP contribution in [0.3, 0.4) is 0 Å². The molecular formula is C26H24ClN7O3. The highest BCUT2D eigenvalue weighted by atomic mass is 35.5. The molecule has 6 rings (SSSR count). The largest absolute Gasteiger partial charge is 0.332 e. The van der Waals surface area contributed by atoms with E-state index in [1.165, 1.54) is 9.80 Å². The molecular weight excluding hydrogens is 494 g/mol. The monoisotopic (exact) mass is 517 g/mol. The summed E-state index contributed by atoms with van der Waals surface area (Å²) in [6, 6.07) is 9.28.